The van der Waals surface area contributed by atoms with Crippen LogP contribution in [0.1, 0.15) is 24.4 Å². The van der Waals surface area contributed by atoms with E-state index < -0.39 is 6.04 Å². The minimum atomic E-state index is -0.559. The lowest BCUT2D eigenvalue weighted by Gasteiger charge is -2.38. The van der Waals surface area contributed by atoms with Gasteiger partial charge in [0.1, 0.15) is 6.04 Å². The van der Waals surface area contributed by atoms with Gasteiger partial charge in [0.25, 0.3) is 5.91 Å². The van der Waals surface area contributed by atoms with Crippen molar-refractivity contribution in [1.82, 2.24) is 10.2 Å². The molecular weight excluding hydrogens is 330 g/mol. The minimum Gasteiger partial charge on any atom is -0.459 e. The molecule has 1 saturated heterocycles. The number of nitrogens with zero attached hydrogens (tertiary/aromatic N) is 2. The fourth-order valence-corrected chi connectivity index (χ4v) is 3.15. The summed E-state index contributed by atoms with van der Waals surface area (Å²) in [6.45, 7) is 6.73. The van der Waals surface area contributed by atoms with Crippen LogP contribution in [0.2, 0.25) is 0 Å². The van der Waals surface area contributed by atoms with Gasteiger partial charge < -0.3 is 19.5 Å². The Morgan fingerprint density at radius 3 is 2.27 bits per heavy atom. The molecule has 1 aliphatic rings. The molecule has 1 aromatic heterocycles. The van der Waals surface area contributed by atoms with Crippen LogP contribution in [0.25, 0.3) is 0 Å². The molecule has 1 atom stereocenters. The zero-order valence-corrected chi connectivity index (χ0v) is 15.2. The van der Waals surface area contributed by atoms with Crippen molar-refractivity contribution < 1.29 is 14.0 Å². The third-order valence-electron chi connectivity index (χ3n) is 4.68. The molecule has 138 valence electrons. The van der Waals surface area contributed by atoms with Crippen LogP contribution >= 0.6 is 0 Å². The van der Waals surface area contributed by atoms with E-state index in [2.05, 4.69) is 22.3 Å². The topological polar surface area (TPSA) is 65.8 Å². The van der Waals surface area contributed by atoms with E-state index in [1.54, 1.807) is 12.1 Å². The molecule has 6 heteroatoms. The van der Waals surface area contributed by atoms with Crippen LogP contribution in [0.3, 0.4) is 0 Å². The lowest BCUT2D eigenvalue weighted by Crippen LogP contribution is -2.56. The van der Waals surface area contributed by atoms with Gasteiger partial charge in [-0.1, -0.05) is 32.0 Å². The summed E-state index contributed by atoms with van der Waals surface area (Å²) >= 11 is 0. The molecule has 3 rings (SSSR count). The number of rotatable bonds is 5. The largest absolute Gasteiger partial charge is 0.459 e. The third-order valence-corrected chi connectivity index (χ3v) is 4.68. The molecule has 1 fully saturated rings. The van der Waals surface area contributed by atoms with Crippen LogP contribution in [-0.2, 0) is 4.79 Å². The summed E-state index contributed by atoms with van der Waals surface area (Å²) in [5.41, 5.74) is 1.17. The maximum absolute atomic E-state index is 13.0. The Morgan fingerprint density at radius 2 is 1.69 bits per heavy atom. The van der Waals surface area contributed by atoms with Gasteiger partial charge in [0.05, 0.1) is 6.26 Å². The van der Waals surface area contributed by atoms with Crippen molar-refractivity contribution >= 4 is 17.5 Å². The average Bonchev–Trinajstić information content (AvgIpc) is 3.21. The summed E-state index contributed by atoms with van der Waals surface area (Å²) in [6.07, 6.45) is 1.45. The second-order valence-corrected chi connectivity index (χ2v) is 6.82. The van der Waals surface area contributed by atoms with Crippen molar-refractivity contribution in [2.75, 3.05) is 31.1 Å². The van der Waals surface area contributed by atoms with E-state index in [-0.39, 0.29) is 23.5 Å². The van der Waals surface area contributed by atoms with Gasteiger partial charge in [0.2, 0.25) is 5.91 Å². The van der Waals surface area contributed by atoms with Gasteiger partial charge in [-0.15, -0.1) is 0 Å². The number of furan rings is 1. The standard InChI is InChI=1S/C20H25N3O3/c1-15(2)18(21-19(24)17-9-6-14-26-17)20(25)23-12-10-22(11-13-23)16-7-4-3-5-8-16/h3-9,14-15,18H,10-13H2,1-2H3,(H,21,24)/t18-/m1/s1. The Hall–Kier alpha value is -2.76. The predicted octanol–water partition coefficient (Wildman–Crippen LogP) is 2.38. The number of amides is 2. The van der Waals surface area contributed by atoms with Crippen molar-refractivity contribution in [1.29, 1.82) is 0 Å². The Bertz CT molecular complexity index is 720. The van der Waals surface area contributed by atoms with Crippen molar-refractivity contribution in [3.05, 3.63) is 54.5 Å². The SMILES string of the molecule is CC(C)[C@@H](NC(=O)c1ccco1)C(=O)N1CCN(c2ccccc2)CC1. The molecule has 26 heavy (non-hydrogen) atoms. The second-order valence-electron chi connectivity index (χ2n) is 6.82. The van der Waals surface area contributed by atoms with Crippen LogP contribution in [0.15, 0.2) is 53.1 Å². The van der Waals surface area contributed by atoms with Crippen LogP contribution in [-0.4, -0.2) is 48.9 Å². The van der Waals surface area contributed by atoms with E-state index in [1.807, 2.05) is 36.9 Å². The number of piperazine rings is 1. The molecule has 0 saturated carbocycles. The van der Waals surface area contributed by atoms with E-state index in [4.69, 9.17) is 4.42 Å². The smallest absolute Gasteiger partial charge is 0.287 e. The van der Waals surface area contributed by atoms with Crippen LogP contribution in [0.5, 0.6) is 0 Å². The molecule has 1 aromatic carbocycles. The molecule has 2 aromatic rings. The summed E-state index contributed by atoms with van der Waals surface area (Å²) in [7, 11) is 0. The summed E-state index contributed by atoms with van der Waals surface area (Å²) in [5, 5.41) is 2.82. The summed E-state index contributed by atoms with van der Waals surface area (Å²) in [4.78, 5) is 29.3. The van der Waals surface area contributed by atoms with E-state index in [0.29, 0.717) is 13.1 Å². The molecule has 1 N–H and O–H groups in total. The fourth-order valence-electron chi connectivity index (χ4n) is 3.15. The highest BCUT2D eigenvalue weighted by molar-refractivity contribution is 5.95. The molecule has 6 nitrogen and oxygen atoms in total. The van der Waals surface area contributed by atoms with Gasteiger partial charge in [-0.3, -0.25) is 9.59 Å². The van der Waals surface area contributed by atoms with Gasteiger partial charge >= 0.3 is 0 Å². The van der Waals surface area contributed by atoms with Gasteiger partial charge in [-0.25, -0.2) is 0 Å². The number of benzene rings is 1. The summed E-state index contributed by atoms with van der Waals surface area (Å²) in [6, 6.07) is 12.9. The van der Waals surface area contributed by atoms with Crippen LogP contribution < -0.4 is 10.2 Å². The van der Waals surface area contributed by atoms with E-state index in [1.165, 1.54) is 12.0 Å². The second kappa shape index (κ2) is 8.08. The number of carbonyl (C=O) groups is 2. The average molecular weight is 355 g/mol. The minimum absolute atomic E-state index is 0.00596. The molecule has 2 heterocycles. The highest BCUT2D eigenvalue weighted by Gasteiger charge is 2.31. The molecule has 0 aliphatic carbocycles. The number of hydrogen-bond acceptors (Lipinski definition) is 4. The molecule has 0 spiro atoms. The van der Waals surface area contributed by atoms with Gasteiger partial charge in [0, 0.05) is 31.9 Å². The zero-order valence-electron chi connectivity index (χ0n) is 15.2. The monoisotopic (exact) mass is 355 g/mol. The first-order valence-corrected chi connectivity index (χ1v) is 8.99. The van der Waals surface area contributed by atoms with E-state index in [9.17, 15) is 9.59 Å². The normalized spacial score (nSPS) is 15.8. The first kappa shape index (κ1) is 18.0. The van der Waals surface area contributed by atoms with Crippen molar-refractivity contribution in [3.63, 3.8) is 0 Å². The maximum Gasteiger partial charge on any atom is 0.287 e. The highest BCUT2D eigenvalue weighted by atomic mass is 16.3. The van der Waals surface area contributed by atoms with Gasteiger partial charge in [0.15, 0.2) is 5.76 Å². The van der Waals surface area contributed by atoms with Crippen molar-refractivity contribution in [2.45, 2.75) is 19.9 Å². The molecule has 1 aliphatic heterocycles. The molecule has 2 amide bonds. The summed E-state index contributed by atoms with van der Waals surface area (Å²) < 4.78 is 5.12. The van der Waals surface area contributed by atoms with E-state index in [0.717, 1.165) is 13.1 Å². The number of nitrogens with one attached hydrogen (secondary N) is 1. The van der Waals surface area contributed by atoms with Crippen molar-refractivity contribution in [3.8, 4) is 0 Å². The Balaban J connectivity index is 1.60. The van der Waals surface area contributed by atoms with E-state index >= 15 is 0 Å². The Labute approximate surface area is 153 Å². The Morgan fingerprint density at radius 1 is 1.00 bits per heavy atom. The van der Waals surface area contributed by atoms with Crippen LogP contribution in [0, 0.1) is 5.92 Å². The first-order valence-electron chi connectivity index (χ1n) is 8.99. The van der Waals surface area contributed by atoms with Gasteiger partial charge in [-0.05, 0) is 30.2 Å². The fraction of sp³-hybridized carbons (Fsp3) is 0.400. The molecular formula is C20H25N3O3. The quantitative estimate of drug-likeness (QED) is 0.894. The molecule has 0 unspecified atom stereocenters. The molecule has 0 bridgehead atoms. The number of carbonyl (C=O) groups excluding carboxylic acids is 2. The predicted molar refractivity (Wildman–Crippen MR) is 100 cm³/mol. The first-order chi connectivity index (χ1) is 12.6. The lowest BCUT2D eigenvalue weighted by atomic mass is 10.0. The van der Waals surface area contributed by atoms with Crippen LogP contribution in [0.4, 0.5) is 5.69 Å². The highest BCUT2D eigenvalue weighted by Crippen LogP contribution is 2.17. The van der Waals surface area contributed by atoms with Gasteiger partial charge in [-0.2, -0.15) is 0 Å². The summed E-state index contributed by atoms with van der Waals surface area (Å²) in [5.74, 6) is -0.177. The number of anilines is 1. The third kappa shape index (κ3) is 4.07. The lowest BCUT2D eigenvalue weighted by molar-refractivity contribution is -0.134. The maximum atomic E-state index is 13.0. The number of hydrogen-bond donors (Lipinski definition) is 1. The number of para-hydroxylation sites is 1. The molecule has 0 radical (unpaired) electrons. The Kier molecular flexibility index (Phi) is 5.61. The van der Waals surface area contributed by atoms with Crippen molar-refractivity contribution in [2.24, 2.45) is 5.92 Å². The zero-order chi connectivity index (χ0) is 18.5.